The Hall–Kier alpha value is -5.40. The molecule has 0 radical (unpaired) electrons. The summed E-state index contributed by atoms with van der Waals surface area (Å²) < 4.78 is 2.45. The highest BCUT2D eigenvalue weighted by atomic mass is 15.0. The summed E-state index contributed by atoms with van der Waals surface area (Å²) in [5, 5.41) is 6.29. The zero-order valence-corrected chi connectivity index (χ0v) is 26.6. The van der Waals surface area contributed by atoms with E-state index >= 15 is 0 Å². The van der Waals surface area contributed by atoms with Gasteiger partial charge in [-0.2, -0.15) is 0 Å². The van der Waals surface area contributed by atoms with Gasteiger partial charge in [-0.3, -0.25) is 0 Å². The van der Waals surface area contributed by atoms with Crippen molar-refractivity contribution >= 4 is 33.4 Å². The van der Waals surface area contributed by atoms with Crippen molar-refractivity contribution in [2.24, 2.45) is 0 Å². The maximum atomic E-state index is 3.92. The summed E-state index contributed by atoms with van der Waals surface area (Å²) >= 11 is 0. The summed E-state index contributed by atoms with van der Waals surface area (Å²) in [4.78, 5) is 0. The highest BCUT2D eigenvalue weighted by molar-refractivity contribution is 6.12. The topological polar surface area (TPSA) is 4.93 Å². The van der Waals surface area contributed by atoms with Crippen LogP contribution in [0.15, 0.2) is 152 Å². The lowest BCUT2D eigenvalue weighted by Crippen LogP contribution is -2.27. The number of benzene rings is 6. The SMILES string of the molecule is C=C/C=c1/cccc/c1=C(/C)n1c(-c2ccccc2C)c(C)c2c3ccccc3ccc21.Cc1ccc(-c2ccccc2)cc1. The monoisotopic (exact) mass is 581 g/mol. The fourth-order valence-corrected chi connectivity index (χ4v) is 6.35. The number of nitrogens with zero attached hydrogens (tertiary/aromatic N) is 1. The molecule has 1 heteroatoms. The second-order valence-corrected chi connectivity index (χ2v) is 11.6. The summed E-state index contributed by atoms with van der Waals surface area (Å²) in [6.45, 7) is 12.7. The van der Waals surface area contributed by atoms with Gasteiger partial charge in [0, 0.05) is 21.9 Å². The number of aryl methyl sites for hydroxylation is 3. The molecule has 220 valence electrons. The first-order chi connectivity index (χ1) is 22.0. The molecule has 1 nitrogen and oxygen atoms in total. The standard InChI is InChI=1S/C31H27N.C13H12/c1-5-12-24-14-7-10-17-27(24)23(4)32-29-20-19-25-15-8-11-18-28(25)30(29)22(3)31(32)26-16-9-6-13-21(26)2;1-11-7-9-13(10-8-11)12-5-3-2-4-6-12/h5-20H,1H2,2-4H3;2-10H,1H3/b24-12-,27-23+;. The van der Waals surface area contributed by atoms with Crippen molar-refractivity contribution in [1.82, 2.24) is 4.57 Å². The van der Waals surface area contributed by atoms with Crippen LogP contribution in [0.4, 0.5) is 0 Å². The Kier molecular flexibility index (Phi) is 8.62. The van der Waals surface area contributed by atoms with Crippen molar-refractivity contribution in [2.75, 3.05) is 0 Å². The van der Waals surface area contributed by atoms with Gasteiger partial charge in [-0.05, 0) is 72.0 Å². The van der Waals surface area contributed by atoms with E-state index in [0.717, 1.165) is 0 Å². The van der Waals surface area contributed by atoms with Gasteiger partial charge in [0.25, 0.3) is 0 Å². The highest BCUT2D eigenvalue weighted by Gasteiger charge is 2.20. The molecule has 0 aliphatic heterocycles. The zero-order valence-electron chi connectivity index (χ0n) is 26.6. The fourth-order valence-electron chi connectivity index (χ4n) is 6.35. The summed E-state index contributed by atoms with van der Waals surface area (Å²) in [5.74, 6) is 0. The molecule has 0 amide bonds. The van der Waals surface area contributed by atoms with Crippen molar-refractivity contribution in [3.63, 3.8) is 0 Å². The predicted octanol–water partition coefficient (Wildman–Crippen LogP) is 10.4. The van der Waals surface area contributed by atoms with Crippen LogP contribution in [0.25, 0.3) is 55.8 Å². The van der Waals surface area contributed by atoms with Crippen LogP contribution >= 0.6 is 0 Å². The molecule has 0 fully saturated rings. The molecule has 45 heavy (non-hydrogen) atoms. The van der Waals surface area contributed by atoms with E-state index in [9.17, 15) is 0 Å². The maximum absolute atomic E-state index is 3.92. The summed E-state index contributed by atoms with van der Waals surface area (Å²) in [5.41, 5.74) is 11.5. The molecule has 0 aliphatic rings. The van der Waals surface area contributed by atoms with E-state index in [1.54, 1.807) is 0 Å². The van der Waals surface area contributed by atoms with Crippen LogP contribution in [0, 0.1) is 20.8 Å². The number of aromatic nitrogens is 1. The van der Waals surface area contributed by atoms with Gasteiger partial charge in [-0.25, -0.2) is 0 Å². The molecule has 0 atom stereocenters. The van der Waals surface area contributed by atoms with Crippen LogP contribution in [-0.4, -0.2) is 4.57 Å². The van der Waals surface area contributed by atoms with Crippen LogP contribution in [0.2, 0.25) is 0 Å². The number of fused-ring (bicyclic) bond motifs is 3. The Morgan fingerprint density at radius 1 is 0.622 bits per heavy atom. The minimum absolute atomic E-state index is 1.18. The van der Waals surface area contributed by atoms with Gasteiger partial charge in [0.2, 0.25) is 0 Å². The lowest BCUT2D eigenvalue weighted by atomic mass is 9.99. The average Bonchev–Trinajstić information content (AvgIpc) is 3.38. The second kappa shape index (κ2) is 13.1. The average molecular weight is 582 g/mol. The van der Waals surface area contributed by atoms with Gasteiger partial charge >= 0.3 is 0 Å². The lowest BCUT2D eigenvalue weighted by Gasteiger charge is -2.15. The van der Waals surface area contributed by atoms with Crippen molar-refractivity contribution in [3.05, 3.63) is 179 Å². The van der Waals surface area contributed by atoms with E-state index in [0.29, 0.717) is 0 Å². The predicted molar refractivity (Wildman–Crippen MR) is 196 cm³/mol. The number of hydrogen-bond acceptors (Lipinski definition) is 0. The Balaban J connectivity index is 0.000000229. The largest absolute Gasteiger partial charge is 0.312 e. The van der Waals surface area contributed by atoms with Crippen molar-refractivity contribution in [2.45, 2.75) is 27.7 Å². The molecule has 0 unspecified atom stereocenters. The van der Waals surface area contributed by atoms with Gasteiger partial charge in [-0.15, -0.1) is 0 Å². The number of rotatable bonds is 4. The molecular weight excluding hydrogens is 542 g/mol. The summed E-state index contributed by atoms with van der Waals surface area (Å²) in [6.07, 6.45) is 3.95. The molecule has 7 aromatic rings. The second-order valence-electron chi connectivity index (χ2n) is 11.6. The van der Waals surface area contributed by atoms with Crippen LogP contribution in [0.3, 0.4) is 0 Å². The van der Waals surface area contributed by atoms with E-state index in [1.165, 1.54) is 76.9 Å². The normalized spacial score (nSPS) is 12.1. The Bertz CT molecular complexity index is 2250. The van der Waals surface area contributed by atoms with E-state index < -0.39 is 0 Å². The third-order valence-electron chi connectivity index (χ3n) is 8.64. The number of hydrogen-bond donors (Lipinski definition) is 0. The molecule has 6 aromatic carbocycles. The molecule has 0 N–H and O–H groups in total. The zero-order chi connectivity index (χ0) is 31.3. The third kappa shape index (κ3) is 5.90. The van der Waals surface area contributed by atoms with Crippen molar-refractivity contribution in [3.8, 4) is 22.4 Å². The van der Waals surface area contributed by atoms with Crippen LogP contribution in [0.5, 0.6) is 0 Å². The molecular formula is C44H39N. The lowest BCUT2D eigenvalue weighted by molar-refractivity contribution is 1.12. The Labute approximate surface area is 266 Å². The first kappa shape index (κ1) is 29.7. The first-order valence-corrected chi connectivity index (χ1v) is 15.6. The molecule has 0 bridgehead atoms. The highest BCUT2D eigenvalue weighted by Crippen LogP contribution is 2.39. The van der Waals surface area contributed by atoms with E-state index in [-0.39, 0.29) is 0 Å². The minimum atomic E-state index is 1.18. The Morgan fingerprint density at radius 3 is 2.02 bits per heavy atom. The van der Waals surface area contributed by atoms with E-state index in [1.807, 2.05) is 12.1 Å². The maximum Gasteiger partial charge on any atom is 0.0569 e. The molecule has 0 saturated carbocycles. The van der Waals surface area contributed by atoms with Gasteiger partial charge in [-0.1, -0.05) is 158 Å². The van der Waals surface area contributed by atoms with Crippen LogP contribution in [-0.2, 0) is 0 Å². The smallest absolute Gasteiger partial charge is 0.0569 e. The molecule has 1 aromatic heterocycles. The van der Waals surface area contributed by atoms with Crippen LogP contribution < -0.4 is 10.4 Å². The molecule has 0 spiro atoms. The fraction of sp³-hybridized carbons (Fsp3) is 0.0909. The van der Waals surface area contributed by atoms with E-state index in [4.69, 9.17) is 0 Å². The molecule has 1 heterocycles. The summed E-state index contributed by atoms with van der Waals surface area (Å²) in [6, 6.07) is 49.5. The van der Waals surface area contributed by atoms with Crippen molar-refractivity contribution in [1.29, 1.82) is 0 Å². The first-order valence-electron chi connectivity index (χ1n) is 15.6. The van der Waals surface area contributed by atoms with Gasteiger partial charge in [0.1, 0.15) is 0 Å². The van der Waals surface area contributed by atoms with E-state index in [2.05, 4.69) is 178 Å². The molecule has 0 saturated heterocycles. The molecule has 7 rings (SSSR count). The molecule has 0 aliphatic carbocycles. The number of allylic oxidation sites excluding steroid dienone is 1. The quantitative estimate of drug-likeness (QED) is 0.195. The van der Waals surface area contributed by atoms with Gasteiger partial charge in [0.15, 0.2) is 0 Å². The summed E-state index contributed by atoms with van der Waals surface area (Å²) in [7, 11) is 0. The van der Waals surface area contributed by atoms with Gasteiger partial charge < -0.3 is 4.57 Å². The minimum Gasteiger partial charge on any atom is -0.312 e. The Morgan fingerprint density at radius 2 is 1.27 bits per heavy atom. The van der Waals surface area contributed by atoms with Crippen LogP contribution in [0.1, 0.15) is 23.6 Å². The van der Waals surface area contributed by atoms with Gasteiger partial charge in [0.05, 0.1) is 11.2 Å². The third-order valence-corrected chi connectivity index (χ3v) is 8.64. The van der Waals surface area contributed by atoms with Crippen molar-refractivity contribution < 1.29 is 0 Å².